The van der Waals surface area contributed by atoms with Gasteiger partial charge in [0.05, 0.1) is 0 Å². The molecule has 1 atom stereocenters. The summed E-state index contributed by atoms with van der Waals surface area (Å²) in [5, 5.41) is 0. The largest absolute Gasteiger partial charge is 0.489 e. The summed E-state index contributed by atoms with van der Waals surface area (Å²) < 4.78 is 18.9. The number of likely N-dealkylation sites (N-methyl/N-ethyl adjacent to an activating group) is 1. The monoisotopic (exact) mass is 226 g/mol. The Hall–Kier alpha value is -1.13. The fourth-order valence-corrected chi connectivity index (χ4v) is 1.26. The highest BCUT2D eigenvalue weighted by Gasteiger charge is 2.07. The van der Waals surface area contributed by atoms with Gasteiger partial charge >= 0.3 is 0 Å². The van der Waals surface area contributed by atoms with E-state index in [1.165, 1.54) is 6.07 Å². The first-order valence-electron chi connectivity index (χ1n) is 5.33. The molecule has 0 fully saturated rings. The van der Waals surface area contributed by atoms with E-state index in [2.05, 4.69) is 0 Å². The van der Waals surface area contributed by atoms with Crippen LogP contribution in [-0.4, -0.2) is 32.1 Å². The molecule has 0 amide bonds. The molecule has 0 heterocycles. The van der Waals surface area contributed by atoms with Gasteiger partial charge in [0.2, 0.25) is 0 Å². The number of nitrogens with zero attached hydrogens (tertiary/aromatic N) is 1. The molecule has 0 saturated carbocycles. The number of halogens is 1. The molecule has 0 radical (unpaired) electrons. The maximum Gasteiger partial charge on any atom is 0.165 e. The number of rotatable bonds is 5. The van der Waals surface area contributed by atoms with Crippen LogP contribution >= 0.6 is 0 Å². The SMILES string of the molecule is C[C@@H](N)c1ccc(OCCN(C)C)c(F)c1. The third-order valence-corrected chi connectivity index (χ3v) is 2.28. The van der Waals surface area contributed by atoms with Crippen LogP contribution in [0.2, 0.25) is 0 Å². The first-order valence-corrected chi connectivity index (χ1v) is 5.33. The van der Waals surface area contributed by atoms with Crippen LogP contribution in [-0.2, 0) is 0 Å². The lowest BCUT2D eigenvalue weighted by atomic mass is 10.1. The van der Waals surface area contributed by atoms with Crippen molar-refractivity contribution in [3.63, 3.8) is 0 Å². The third-order valence-electron chi connectivity index (χ3n) is 2.28. The summed E-state index contributed by atoms with van der Waals surface area (Å²) in [5.74, 6) is -0.0696. The highest BCUT2D eigenvalue weighted by Crippen LogP contribution is 2.20. The first-order chi connectivity index (χ1) is 7.50. The van der Waals surface area contributed by atoms with Crippen LogP contribution in [0.5, 0.6) is 5.75 Å². The lowest BCUT2D eigenvalue weighted by molar-refractivity contribution is 0.252. The normalized spacial score (nSPS) is 12.9. The first kappa shape index (κ1) is 12.9. The van der Waals surface area contributed by atoms with Crippen molar-refractivity contribution in [2.75, 3.05) is 27.2 Å². The fraction of sp³-hybridized carbons (Fsp3) is 0.500. The molecule has 0 saturated heterocycles. The zero-order chi connectivity index (χ0) is 12.1. The minimum atomic E-state index is -0.353. The van der Waals surface area contributed by atoms with E-state index in [0.717, 1.165) is 12.1 Å². The predicted molar refractivity (Wildman–Crippen MR) is 63.1 cm³/mol. The van der Waals surface area contributed by atoms with Gasteiger partial charge in [-0.1, -0.05) is 6.07 Å². The van der Waals surface area contributed by atoms with E-state index in [9.17, 15) is 4.39 Å². The maximum atomic E-state index is 13.5. The summed E-state index contributed by atoms with van der Waals surface area (Å²) in [6.45, 7) is 3.05. The van der Waals surface area contributed by atoms with E-state index < -0.39 is 0 Å². The van der Waals surface area contributed by atoms with E-state index in [4.69, 9.17) is 10.5 Å². The van der Waals surface area contributed by atoms with Crippen LogP contribution in [0.3, 0.4) is 0 Å². The number of benzene rings is 1. The van der Waals surface area contributed by atoms with Crippen molar-refractivity contribution in [2.45, 2.75) is 13.0 Å². The Morgan fingerprint density at radius 1 is 1.44 bits per heavy atom. The lowest BCUT2D eigenvalue weighted by Crippen LogP contribution is -2.19. The Kier molecular flexibility index (Phi) is 4.71. The zero-order valence-corrected chi connectivity index (χ0v) is 10.0. The van der Waals surface area contributed by atoms with E-state index in [-0.39, 0.29) is 17.6 Å². The van der Waals surface area contributed by atoms with Crippen molar-refractivity contribution in [2.24, 2.45) is 5.73 Å². The number of nitrogens with two attached hydrogens (primary N) is 1. The van der Waals surface area contributed by atoms with Crippen molar-refractivity contribution < 1.29 is 9.13 Å². The standard InChI is InChI=1S/C12H19FN2O/c1-9(14)10-4-5-12(11(13)8-10)16-7-6-15(2)3/h4-5,8-9H,6-7,14H2,1-3H3/t9-/m1/s1. The molecule has 0 unspecified atom stereocenters. The van der Waals surface area contributed by atoms with Crippen molar-refractivity contribution in [3.8, 4) is 5.75 Å². The number of ether oxygens (including phenoxy) is 1. The Labute approximate surface area is 96.0 Å². The number of hydrogen-bond acceptors (Lipinski definition) is 3. The molecule has 0 aliphatic carbocycles. The zero-order valence-electron chi connectivity index (χ0n) is 10.0. The van der Waals surface area contributed by atoms with Crippen LogP contribution in [0.25, 0.3) is 0 Å². The Morgan fingerprint density at radius 2 is 2.12 bits per heavy atom. The molecule has 90 valence electrons. The highest BCUT2D eigenvalue weighted by molar-refractivity contribution is 5.30. The molecule has 1 aromatic carbocycles. The van der Waals surface area contributed by atoms with Crippen molar-refractivity contribution in [3.05, 3.63) is 29.6 Å². The molecule has 16 heavy (non-hydrogen) atoms. The van der Waals surface area contributed by atoms with Crippen molar-refractivity contribution in [1.29, 1.82) is 0 Å². The molecule has 4 heteroatoms. The topological polar surface area (TPSA) is 38.5 Å². The molecule has 0 aliphatic heterocycles. The molecule has 0 spiro atoms. The van der Waals surface area contributed by atoms with Gasteiger partial charge < -0.3 is 15.4 Å². The van der Waals surface area contributed by atoms with Crippen molar-refractivity contribution in [1.82, 2.24) is 4.90 Å². The quantitative estimate of drug-likeness (QED) is 0.831. The van der Waals surface area contributed by atoms with E-state index >= 15 is 0 Å². The summed E-state index contributed by atoms with van der Waals surface area (Å²) in [5.41, 5.74) is 6.43. The van der Waals surface area contributed by atoms with E-state index in [1.54, 1.807) is 12.1 Å². The second-order valence-electron chi connectivity index (χ2n) is 4.13. The molecule has 0 aliphatic rings. The molecule has 2 N–H and O–H groups in total. The minimum Gasteiger partial charge on any atom is -0.489 e. The van der Waals surface area contributed by atoms with Crippen LogP contribution < -0.4 is 10.5 Å². The van der Waals surface area contributed by atoms with Crippen LogP contribution in [0.15, 0.2) is 18.2 Å². The molecular formula is C12H19FN2O. The van der Waals surface area contributed by atoms with Gasteiger partial charge in [-0.15, -0.1) is 0 Å². The van der Waals surface area contributed by atoms with E-state index in [1.807, 2.05) is 25.9 Å². The average molecular weight is 226 g/mol. The fourth-order valence-electron chi connectivity index (χ4n) is 1.26. The van der Waals surface area contributed by atoms with Gasteiger partial charge in [-0.05, 0) is 38.7 Å². The summed E-state index contributed by atoms with van der Waals surface area (Å²) in [6, 6.07) is 4.68. The van der Waals surface area contributed by atoms with Gasteiger partial charge in [-0.25, -0.2) is 4.39 Å². The Bertz CT molecular complexity index is 340. The summed E-state index contributed by atoms with van der Waals surface area (Å²) in [6.07, 6.45) is 0. The highest BCUT2D eigenvalue weighted by atomic mass is 19.1. The maximum absolute atomic E-state index is 13.5. The second-order valence-corrected chi connectivity index (χ2v) is 4.13. The van der Waals surface area contributed by atoms with Gasteiger partial charge in [0.1, 0.15) is 6.61 Å². The average Bonchev–Trinajstić information content (AvgIpc) is 2.19. The molecular weight excluding hydrogens is 207 g/mol. The van der Waals surface area contributed by atoms with Crippen molar-refractivity contribution >= 4 is 0 Å². The van der Waals surface area contributed by atoms with Gasteiger partial charge in [-0.3, -0.25) is 0 Å². The van der Waals surface area contributed by atoms with E-state index in [0.29, 0.717) is 6.61 Å². The van der Waals surface area contributed by atoms with Crippen LogP contribution in [0.1, 0.15) is 18.5 Å². The van der Waals surface area contributed by atoms with Crippen LogP contribution in [0.4, 0.5) is 4.39 Å². The summed E-state index contributed by atoms with van der Waals surface area (Å²) in [4.78, 5) is 1.98. The Morgan fingerprint density at radius 3 is 2.62 bits per heavy atom. The van der Waals surface area contributed by atoms with Crippen LogP contribution in [0, 0.1) is 5.82 Å². The van der Waals surface area contributed by atoms with Gasteiger partial charge in [0, 0.05) is 12.6 Å². The lowest BCUT2D eigenvalue weighted by Gasteiger charge is -2.12. The third kappa shape index (κ3) is 3.79. The smallest absolute Gasteiger partial charge is 0.165 e. The molecule has 1 aromatic rings. The number of hydrogen-bond donors (Lipinski definition) is 1. The molecule has 3 nitrogen and oxygen atoms in total. The minimum absolute atomic E-state index is 0.162. The molecule has 1 rings (SSSR count). The molecule has 0 bridgehead atoms. The van der Waals surface area contributed by atoms with Gasteiger partial charge in [-0.2, -0.15) is 0 Å². The van der Waals surface area contributed by atoms with Gasteiger partial charge in [0.15, 0.2) is 11.6 Å². The summed E-state index contributed by atoms with van der Waals surface area (Å²) in [7, 11) is 3.89. The van der Waals surface area contributed by atoms with Gasteiger partial charge in [0.25, 0.3) is 0 Å². The Balaban J connectivity index is 2.61. The second kappa shape index (κ2) is 5.82. The summed E-state index contributed by atoms with van der Waals surface area (Å²) >= 11 is 0. The molecule has 0 aromatic heterocycles. The predicted octanol–water partition coefficient (Wildman–Crippen LogP) is 1.79.